The highest BCUT2D eigenvalue weighted by atomic mass is 79.9. The van der Waals surface area contributed by atoms with E-state index in [1.54, 1.807) is 0 Å². The number of amides is 1. The molecule has 1 aromatic rings. The van der Waals surface area contributed by atoms with Crippen molar-refractivity contribution in [2.45, 2.75) is 26.3 Å². The zero-order chi connectivity index (χ0) is 16.3. The maximum absolute atomic E-state index is 12.2. The Morgan fingerprint density at radius 2 is 2.18 bits per heavy atom. The Labute approximate surface area is 140 Å². The molecular weight excluding hydrogens is 368 g/mol. The molecule has 0 bridgehead atoms. The van der Waals surface area contributed by atoms with Gasteiger partial charge in [0.25, 0.3) is 0 Å². The summed E-state index contributed by atoms with van der Waals surface area (Å²) in [7, 11) is -2.94. The average molecular weight is 389 g/mol. The molecule has 0 radical (unpaired) electrons. The molecule has 0 spiro atoms. The molecular formula is C15H21BrN2O3S. The van der Waals surface area contributed by atoms with Crippen molar-refractivity contribution in [3.63, 3.8) is 0 Å². The van der Waals surface area contributed by atoms with E-state index in [-0.39, 0.29) is 30.0 Å². The van der Waals surface area contributed by atoms with Crippen LogP contribution >= 0.6 is 15.9 Å². The number of halogens is 1. The van der Waals surface area contributed by atoms with Crippen molar-refractivity contribution in [1.29, 1.82) is 0 Å². The van der Waals surface area contributed by atoms with Crippen LogP contribution in [0.1, 0.15) is 18.9 Å². The van der Waals surface area contributed by atoms with Gasteiger partial charge in [-0.15, -0.1) is 0 Å². The number of likely N-dealkylation sites (N-methyl/N-ethyl adjacent to an activating group) is 1. The Morgan fingerprint density at radius 3 is 2.73 bits per heavy atom. The van der Waals surface area contributed by atoms with Crippen molar-refractivity contribution in [2.24, 2.45) is 0 Å². The van der Waals surface area contributed by atoms with Gasteiger partial charge in [-0.25, -0.2) is 8.42 Å². The van der Waals surface area contributed by atoms with E-state index >= 15 is 0 Å². The molecule has 2 rings (SSSR count). The number of anilines is 1. The van der Waals surface area contributed by atoms with Gasteiger partial charge in [0.2, 0.25) is 5.91 Å². The van der Waals surface area contributed by atoms with Gasteiger partial charge in [-0.3, -0.25) is 9.69 Å². The summed E-state index contributed by atoms with van der Waals surface area (Å²) in [5.74, 6) is 0.257. The number of rotatable bonds is 5. The zero-order valence-electron chi connectivity index (χ0n) is 12.8. The lowest BCUT2D eigenvalue weighted by Gasteiger charge is -2.25. The lowest BCUT2D eigenvalue weighted by atomic mass is 10.2. The summed E-state index contributed by atoms with van der Waals surface area (Å²) in [4.78, 5) is 14.1. The Kier molecular flexibility index (Phi) is 5.63. The Bertz CT molecular complexity index is 661. The summed E-state index contributed by atoms with van der Waals surface area (Å²) in [5.41, 5.74) is 1.84. The van der Waals surface area contributed by atoms with Gasteiger partial charge in [-0.2, -0.15) is 0 Å². The fourth-order valence-corrected chi connectivity index (χ4v) is 4.76. The van der Waals surface area contributed by atoms with Gasteiger partial charge in [0, 0.05) is 16.2 Å². The van der Waals surface area contributed by atoms with Crippen LogP contribution in [0, 0.1) is 6.92 Å². The first kappa shape index (κ1) is 17.4. The van der Waals surface area contributed by atoms with Crippen LogP contribution in [-0.4, -0.2) is 49.9 Å². The van der Waals surface area contributed by atoms with Gasteiger partial charge in [-0.05, 0) is 37.6 Å². The maximum atomic E-state index is 12.2. The van der Waals surface area contributed by atoms with Crippen LogP contribution in [-0.2, 0) is 14.6 Å². The topological polar surface area (TPSA) is 66.5 Å². The lowest BCUT2D eigenvalue weighted by Crippen LogP contribution is -2.41. The number of aryl methyl sites for hydroxylation is 1. The second-order valence-corrected chi connectivity index (χ2v) is 8.72. The highest BCUT2D eigenvalue weighted by Gasteiger charge is 2.32. The molecule has 7 heteroatoms. The number of nitrogens with zero attached hydrogens (tertiary/aromatic N) is 1. The van der Waals surface area contributed by atoms with Crippen molar-refractivity contribution in [3.05, 3.63) is 28.2 Å². The first-order valence-corrected chi connectivity index (χ1v) is 9.92. The van der Waals surface area contributed by atoms with Crippen molar-refractivity contribution in [1.82, 2.24) is 4.90 Å². The van der Waals surface area contributed by atoms with Crippen LogP contribution in [0.15, 0.2) is 22.7 Å². The van der Waals surface area contributed by atoms with Crippen molar-refractivity contribution in [2.75, 3.05) is 29.9 Å². The first-order valence-electron chi connectivity index (χ1n) is 7.31. The third-order valence-corrected chi connectivity index (χ3v) is 6.54. The smallest absolute Gasteiger partial charge is 0.238 e. The quantitative estimate of drug-likeness (QED) is 0.839. The molecule has 1 aliphatic rings. The monoisotopic (exact) mass is 388 g/mol. The Morgan fingerprint density at radius 1 is 1.45 bits per heavy atom. The minimum Gasteiger partial charge on any atom is -0.325 e. The van der Waals surface area contributed by atoms with E-state index < -0.39 is 9.84 Å². The number of sulfone groups is 1. The van der Waals surface area contributed by atoms with Crippen LogP contribution in [0.4, 0.5) is 5.69 Å². The van der Waals surface area contributed by atoms with Gasteiger partial charge in [0.15, 0.2) is 9.84 Å². The lowest BCUT2D eigenvalue weighted by molar-refractivity contribution is -0.117. The van der Waals surface area contributed by atoms with Crippen molar-refractivity contribution in [3.8, 4) is 0 Å². The number of hydrogen-bond donors (Lipinski definition) is 1. The number of benzene rings is 1. The molecule has 0 saturated carbocycles. The van der Waals surface area contributed by atoms with Gasteiger partial charge < -0.3 is 5.32 Å². The normalized spacial score (nSPS) is 20.3. The summed E-state index contributed by atoms with van der Waals surface area (Å²) in [6.07, 6.45) is 0.611. The molecule has 1 atom stereocenters. The minimum atomic E-state index is -2.94. The number of carbonyl (C=O) groups is 1. The average Bonchev–Trinajstić information content (AvgIpc) is 2.80. The summed E-state index contributed by atoms with van der Waals surface area (Å²) >= 11 is 3.44. The van der Waals surface area contributed by atoms with Gasteiger partial charge in [-0.1, -0.05) is 28.9 Å². The standard InChI is InChI=1S/C15H21BrN2O3S/c1-3-18(13-6-7-22(20,21)10-13)9-15(19)17-12-5-4-11(2)14(16)8-12/h4-5,8,13H,3,6-7,9-10H2,1-2H3,(H,17,19). The molecule has 1 amide bonds. The molecule has 1 aliphatic heterocycles. The molecule has 1 unspecified atom stereocenters. The second-order valence-electron chi connectivity index (χ2n) is 5.63. The molecule has 22 heavy (non-hydrogen) atoms. The first-order chi connectivity index (χ1) is 10.3. The van der Waals surface area contributed by atoms with E-state index in [1.807, 2.05) is 36.9 Å². The molecule has 122 valence electrons. The molecule has 0 aromatic heterocycles. The second kappa shape index (κ2) is 7.10. The molecule has 1 N–H and O–H groups in total. The predicted octanol–water partition coefficient (Wildman–Crippen LogP) is 2.21. The van der Waals surface area contributed by atoms with Crippen LogP contribution in [0.3, 0.4) is 0 Å². The van der Waals surface area contributed by atoms with Crippen LogP contribution in [0.25, 0.3) is 0 Å². The minimum absolute atomic E-state index is 0.0505. The van der Waals surface area contributed by atoms with Gasteiger partial charge in [0.05, 0.1) is 18.1 Å². The van der Waals surface area contributed by atoms with Crippen LogP contribution in [0.5, 0.6) is 0 Å². The molecule has 1 aromatic carbocycles. The molecule has 0 aliphatic carbocycles. The zero-order valence-corrected chi connectivity index (χ0v) is 15.2. The van der Waals surface area contributed by atoms with E-state index in [4.69, 9.17) is 0 Å². The van der Waals surface area contributed by atoms with Gasteiger partial charge in [0.1, 0.15) is 0 Å². The van der Waals surface area contributed by atoms with E-state index in [2.05, 4.69) is 21.2 Å². The highest BCUT2D eigenvalue weighted by molar-refractivity contribution is 9.10. The number of carbonyl (C=O) groups excluding carboxylic acids is 1. The largest absolute Gasteiger partial charge is 0.325 e. The molecule has 1 fully saturated rings. The fourth-order valence-electron chi connectivity index (χ4n) is 2.62. The summed E-state index contributed by atoms with van der Waals surface area (Å²) in [5, 5.41) is 2.86. The maximum Gasteiger partial charge on any atom is 0.238 e. The summed E-state index contributed by atoms with van der Waals surface area (Å²) in [6.45, 7) is 4.79. The molecule has 5 nitrogen and oxygen atoms in total. The van der Waals surface area contributed by atoms with E-state index in [0.29, 0.717) is 13.0 Å². The van der Waals surface area contributed by atoms with E-state index in [0.717, 1.165) is 15.7 Å². The SMILES string of the molecule is CCN(CC(=O)Nc1ccc(C)c(Br)c1)C1CCS(=O)(=O)C1. The Hall–Kier alpha value is -0.920. The molecule has 1 heterocycles. The Balaban J connectivity index is 1.96. The third kappa shape index (κ3) is 4.54. The van der Waals surface area contributed by atoms with Crippen LogP contribution < -0.4 is 5.32 Å². The third-order valence-electron chi connectivity index (χ3n) is 3.93. The van der Waals surface area contributed by atoms with E-state index in [1.165, 1.54) is 0 Å². The van der Waals surface area contributed by atoms with Gasteiger partial charge >= 0.3 is 0 Å². The number of nitrogens with one attached hydrogen (secondary N) is 1. The van der Waals surface area contributed by atoms with E-state index in [9.17, 15) is 13.2 Å². The van der Waals surface area contributed by atoms with Crippen molar-refractivity contribution >= 4 is 37.4 Å². The summed E-state index contributed by atoms with van der Waals surface area (Å²) < 4.78 is 24.1. The highest BCUT2D eigenvalue weighted by Crippen LogP contribution is 2.21. The summed E-state index contributed by atoms with van der Waals surface area (Å²) in [6, 6.07) is 5.60. The fraction of sp³-hybridized carbons (Fsp3) is 0.533. The molecule has 1 saturated heterocycles. The number of hydrogen-bond acceptors (Lipinski definition) is 4. The van der Waals surface area contributed by atoms with Crippen LogP contribution in [0.2, 0.25) is 0 Å². The van der Waals surface area contributed by atoms with Crippen molar-refractivity contribution < 1.29 is 13.2 Å². The predicted molar refractivity (Wildman–Crippen MR) is 91.8 cm³/mol.